The van der Waals surface area contributed by atoms with Crippen LogP contribution in [0.4, 0.5) is 0 Å². The molecule has 0 heterocycles. The third-order valence-electron chi connectivity index (χ3n) is 2.14. The smallest absolute Gasteiger partial charge is 0.336 e. The van der Waals surface area contributed by atoms with E-state index < -0.39 is 28.6 Å². The Balaban J connectivity index is 2.81. The number of aliphatic hydroxyl groups excluding tert-OH is 1. The summed E-state index contributed by atoms with van der Waals surface area (Å²) in [4.78, 5) is 10.9. The van der Waals surface area contributed by atoms with Crippen LogP contribution >= 0.6 is 27.5 Å². The van der Waals surface area contributed by atoms with Crippen LogP contribution < -0.4 is 4.72 Å². The molecular weight excluding hydrogens is 362 g/mol. The highest BCUT2D eigenvalue weighted by Gasteiger charge is 2.20. The van der Waals surface area contributed by atoms with Crippen molar-refractivity contribution in [3.05, 3.63) is 27.7 Å². The summed E-state index contributed by atoms with van der Waals surface area (Å²) in [6.45, 7) is -0.477. The van der Waals surface area contributed by atoms with E-state index in [1.807, 2.05) is 0 Å². The summed E-state index contributed by atoms with van der Waals surface area (Å²) in [5, 5.41) is 9.66. The van der Waals surface area contributed by atoms with Crippen molar-refractivity contribution in [2.75, 3.05) is 13.7 Å². The highest BCUT2D eigenvalue weighted by atomic mass is 79.9. The van der Waals surface area contributed by atoms with E-state index in [1.54, 1.807) is 0 Å². The monoisotopic (exact) mass is 371 g/mol. The SMILES string of the molecule is COC(=O)C(O)CNS(=O)(=O)c1ccc(Cl)c(Br)c1. The van der Waals surface area contributed by atoms with Gasteiger partial charge in [-0.25, -0.2) is 17.9 Å². The van der Waals surface area contributed by atoms with Crippen molar-refractivity contribution in [3.8, 4) is 0 Å². The average Bonchev–Trinajstić information content (AvgIpc) is 2.38. The van der Waals surface area contributed by atoms with Gasteiger partial charge < -0.3 is 9.84 Å². The van der Waals surface area contributed by atoms with Crippen LogP contribution in [0.2, 0.25) is 5.02 Å². The normalized spacial score (nSPS) is 13.1. The maximum atomic E-state index is 11.9. The number of benzene rings is 1. The molecule has 0 aromatic heterocycles. The molecule has 106 valence electrons. The summed E-state index contributed by atoms with van der Waals surface area (Å²) in [5.74, 6) is -0.917. The Labute approximate surface area is 123 Å². The maximum Gasteiger partial charge on any atom is 0.336 e. The topological polar surface area (TPSA) is 92.7 Å². The Bertz CT molecular complexity index is 577. The summed E-state index contributed by atoms with van der Waals surface area (Å²) in [7, 11) is -2.75. The van der Waals surface area contributed by atoms with Gasteiger partial charge in [0.05, 0.1) is 17.0 Å². The first kappa shape index (κ1) is 16.4. The quantitative estimate of drug-likeness (QED) is 0.750. The number of esters is 1. The van der Waals surface area contributed by atoms with Gasteiger partial charge in [-0.05, 0) is 34.1 Å². The number of carbonyl (C=O) groups is 1. The predicted molar refractivity (Wildman–Crippen MR) is 72.4 cm³/mol. The van der Waals surface area contributed by atoms with E-state index in [4.69, 9.17) is 11.6 Å². The molecule has 0 aliphatic carbocycles. The van der Waals surface area contributed by atoms with E-state index in [9.17, 15) is 18.3 Å². The van der Waals surface area contributed by atoms with E-state index >= 15 is 0 Å². The number of aliphatic hydroxyl groups is 1. The summed E-state index contributed by atoms with van der Waals surface area (Å²) < 4.78 is 30.5. The van der Waals surface area contributed by atoms with Gasteiger partial charge in [0.15, 0.2) is 6.10 Å². The zero-order valence-electron chi connectivity index (χ0n) is 9.76. The lowest BCUT2D eigenvalue weighted by molar-refractivity contribution is -0.149. The van der Waals surface area contributed by atoms with Crippen LogP contribution in [0.5, 0.6) is 0 Å². The Hall–Kier alpha value is -0.670. The van der Waals surface area contributed by atoms with Gasteiger partial charge in [-0.3, -0.25) is 0 Å². The first-order valence-electron chi connectivity index (χ1n) is 4.98. The summed E-state index contributed by atoms with van der Waals surface area (Å²) in [5.41, 5.74) is 0. The lowest BCUT2D eigenvalue weighted by atomic mass is 10.4. The molecule has 0 saturated carbocycles. The summed E-state index contributed by atoms with van der Waals surface area (Å²) in [6, 6.07) is 4.03. The van der Waals surface area contributed by atoms with E-state index in [-0.39, 0.29) is 4.90 Å². The average molecular weight is 373 g/mol. The molecule has 0 amide bonds. The van der Waals surface area contributed by atoms with Crippen molar-refractivity contribution in [1.29, 1.82) is 0 Å². The van der Waals surface area contributed by atoms with E-state index in [2.05, 4.69) is 25.4 Å². The molecule has 1 atom stereocenters. The first-order chi connectivity index (χ1) is 8.77. The minimum Gasteiger partial charge on any atom is -0.467 e. The molecule has 19 heavy (non-hydrogen) atoms. The Morgan fingerprint density at radius 1 is 1.58 bits per heavy atom. The molecule has 2 N–H and O–H groups in total. The van der Waals surface area contributed by atoms with Crippen LogP contribution in [0, 0.1) is 0 Å². The van der Waals surface area contributed by atoms with Gasteiger partial charge in [-0.15, -0.1) is 0 Å². The van der Waals surface area contributed by atoms with Crippen LogP contribution in [-0.4, -0.2) is 39.3 Å². The van der Waals surface area contributed by atoms with Crippen molar-refractivity contribution in [1.82, 2.24) is 4.72 Å². The lowest BCUT2D eigenvalue weighted by Crippen LogP contribution is -2.37. The number of hydrogen-bond donors (Lipinski definition) is 2. The Morgan fingerprint density at radius 2 is 2.21 bits per heavy atom. The summed E-state index contributed by atoms with van der Waals surface area (Å²) in [6.07, 6.45) is -1.56. The van der Waals surface area contributed by atoms with Gasteiger partial charge in [0.2, 0.25) is 10.0 Å². The standard InChI is InChI=1S/C10H11BrClNO5S/c1-18-10(15)9(14)5-13-19(16,17)6-2-3-8(12)7(11)4-6/h2-4,9,13-14H,5H2,1H3. The molecule has 0 aliphatic rings. The lowest BCUT2D eigenvalue weighted by Gasteiger charge is -2.10. The second-order valence-electron chi connectivity index (χ2n) is 3.47. The van der Waals surface area contributed by atoms with Crippen molar-refractivity contribution >= 4 is 43.5 Å². The second kappa shape index (κ2) is 6.67. The molecular formula is C10H11BrClNO5S. The molecule has 0 radical (unpaired) electrons. The number of carbonyl (C=O) groups excluding carboxylic acids is 1. The molecule has 0 saturated heterocycles. The minimum atomic E-state index is -3.84. The van der Waals surface area contributed by atoms with Crippen LogP contribution in [0.15, 0.2) is 27.6 Å². The number of halogens is 2. The van der Waals surface area contributed by atoms with Gasteiger partial charge in [0, 0.05) is 11.0 Å². The molecule has 1 rings (SSSR count). The van der Waals surface area contributed by atoms with Crippen LogP contribution in [0.1, 0.15) is 0 Å². The van der Waals surface area contributed by atoms with E-state index in [1.165, 1.54) is 18.2 Å². The highest BCUT2D eigenvalue weighted by Crippen LogP contribution is 2.25. The van der Waals surface area contributed by atoms with Crippen LogP contribution in [-0.2, 0) is 19.6 Å². The van der Waals surface area contributed by atoms with Gasteiger partial charge in [-0.1, -0.05) is 11.6 Å². The fraction of sp³-hybridized carbons (Fsp3) is 0.300. The second-order valence-corrected chi connectivity index (χ2v) is 6.50. The maximum absolute atomic E-state index is 11.9. The van der Waals surface area contributed by atoms with Crippen molar-refractivity contribution < 1.29 is 23.1 Å². The number of sulfonamides is 1. The Morgan fingerprint density at radius 3 is 2.74 bits per heavy atom. The van der Waals surface area contributed by atoms with Gasteiger partial charge in [0.1, 0.15) is 0 Å². The molecule has 0 spiro atoms. The molecule has 1 unspecified atom stereocenters. The summed E-state index contributed by atoms with van der Waals surface area (Å²) >= 11 is 8.86. The highest BCUT2D eigenvalue weighted by molar-refractivity contribution is 9.10. The molecule has 6 nitrogen and oxygen atoms in total. The number of nitrogens with one attached hydrogen (secondary N) is 1. The minimum absolute atomic E-state index is 0.0409. The zero-order valence-corrected chi connectivity index (χ0v) is 12.9. The zero-order chi connectivity index (χ0) is 14.6. The third kappa shape index (κ3) is 4.43. The van der Waals surface area contributed by atoms with Gasteiger partial charge in [0.25, 0.3) is 0 Å². The number of rotatable bonds is 5. The number of methoxy groups -OCH3 is 1. The fourth-order valence-corrected chi connectivity index (χ4v) is 2.85. The van der Waals surface area contributed by atoms with Crippen molar-refractivity contribution in [2.24, 2.45) is 0 Å². The molecule has 1 aromatic carbocycles. The molecule has 0 aliphatic heterocycles. The molecule has 0 bridgehead atoms. The van der Waals surface area contributed by atoms with Crippen LogP contribution in [0.25, 0.3) is 0 Å². The molecule has 9 heteroatoms. The fourth-order valence-electron chi connectivity index (χ4n) is 1.14. The van der Waals surface area contributed by atoms with Crippen molar-refractivity contribution in [3.63, 3.8) is 0 Å². The van der Waals surface area contributed by atoms with Crippen molar-refractivity contribution in [2.45, 2.75) is 11.0 Å². The third-order valence-corrected chi connectivity index (χ3v) is 4.78. The Kier molecular flexibility index (Phi) is 5.75. The van der Waals surface area contributed by atoms with E-state index in [0.29, 0.717) is 9.50 Å². The number of hydrogen-bond acceptors (Lipinski definition) is 5. The molecule has 1 aromatic rings. The van der Waals surface area contributed by atoms with Gasteiger partial charge in [-0.2, -0.15) is 0 Å². The van der Waals surface area contributed by atoms with E-state index in [0.717, 1.165) is 7.11 Å². The number of ether oxygens (including phenoxy) is 1. The largest absolute Gasteiger partial charge is 0.467 e. The van der Waals surface area contributed by atoms with Gasteiger partial charge >= 0.3 is 5.97 Å². The molecule has 0 fully saturated rings. The van der Waals surface area contributed by atoms with Crippen LogP contribution in [0.3, 0.4) is 0 Å². The predicted octanol–water partition coefficient (Wildman–Crippen LogP) is 0.915. The first-order valence-corrected chi connectivity index (χ1v) is 7.64.